The first-order chi connectivity index (χ1) is 9.40. The molecule has 20 heavy (non-hydrogen) atoms. The van der Waals surface area contributed by atoms with Gasteiger partial charge in [0.2, 0.25) is 0 Å². The van der Waals surface area contributed by atoms with Crippen molar-refractivity contribution in [2.24, 2.45) is 0 Å². The molecule has 2 aromatic rings. The molecule has 0 N–H and O–H groups in total. The lowest BCUT2D eigenvalue weighted by Crippen LogP contribution is -2.36. The molecule has 0 saturated carbocycles. The maximum absolute atomic E-state index is 12.7. The van der Waals surface area contributed by atoms with Crippen LogP contribution in [0.5, 0.6) is 0 Å². The van der Waals surface area contributed by atoms with Crippen LogP contribution in [0.15, 0.2) is 24.3 Å². The quantitative estimate of drug-likeness (QED) is 0.789. The van der Waals surface area contributed by atoms with Crippen molar-refractivity contribution < 1.29 is 13.2 Å². The molecule has 0 unspecified atom stereocenters. The van der Waals surface area contributed by atoms with Gasteiger partial charge in [-0.15, -0.1) is 0 Å². The smallest absolute Gasteiger partial charge is 0.345 e. The van der Waals surface area contributed by atoms with E-state index in [0.29, 0.717) is 22.1 Å². The van der Waals surface area contributed by atoms with Crippen LogP contribution in [0.1, 0.15) is 5.69 Å². The molecule has 1 heterocycles. The average Bonchev–Trinajstić information content (AvgIpc) is 2.36. The number of aryl methyl sites for hydroxylation is 1. The molecule has 0 aliphatic heterocycles. The van der Waals surface area contributed by atoms with E-state index in [4.69, 9.17) is 0 Å². The Bertz CT molecular complexity index is 601. The second-order valence-corrected chi connectivity index (χ2v) is 5.14. The van der Waals surface area contributed by atoms with Crippen LogP contribution in [0.3, 0.4) is 0 Å². The van der Waals surface area contributed by atoms with Crippen molar-refractivity contribution in [1.29, 1.82) is 0 Å². The summed E-state index contributed by atoms with van der Waals surface area (Å²) in [5, 5.41) is 0.428. The number of anilines is 1. The summed E-state index contributed by atoms with van der Waals surface area (Å²) >= 11 is 3.17. The van der Waals surface area contributed by atoms with Crippen LogP contribution in [-0.4, -0.2) is 34.6 Å². The van der Waals surface area contributed by atoms with Crippen molar-refractivity contribution in [3.05, 3.63) is 30.0 Å². The molecule has 7 heteroatoms. The minimum absolute atomic E-state index is 0.216. The third-order valence-corrected chi connectivity index (χ3v) is 3.10. The number of aromatic nitrogens is 2. The summed E-state index contributed by atoms with van der Waals surface area (Å²) in [5.41, 5.74) is 1.77. The Hall–Kier alpha value is -1.37. The summed E-state index contributed by atoms with van der Waals surface area (Å²) in [5.74, 6) is 0.278. The Labute approximate surface area is 123 Å². The first-order valence-electron chi connectivity index (χ1n) is 6.02. The molecule has 0 aliphatic rings. The Morgan fingerprint density at radius 1 is 1.15 bits per heavy atom. The highest BCUT2D eigenvalue weighted by Gasteiger charge is 2.32. The molecule has 108 valence electrons. The second-order valence-electron chi connectivity index (χ2n) is 4.35. The summed E-state index contributed by atoms with van der Waals surface area (Å²) in [6.45, 7) is 0.853. The third-order valence-electron chi connectivity index (χ3n) is 2.74. The molecule has 0 amide bonds. The number of hydrogen-bond donors (Lipinski definition) is 0. The fraction of sp³-hybridized carbons (Fsp3) is 0.385. The van der Waals surface area contributed by atoms with E-state index in [-0.39, 0.29) is 12.4 Å². The zero-order valence-corrected chi connectivity index (χ0v) is 12.4. The van der Waals surface area contributed by atoms with Crippen molar-refractivity contribution in [1.82, 2.24) is 9.97 Å². The third kappa shape index (κ3) is 3.59. The number of alkyl halides is 4. The molecule has 0 atom stereocenters. The number of rotatable bonds is 4. The summed E-state index contributed by atoms with van der Waals surface area (Å²) in [6, 6.07) is 7.14. The van der Waals surface area contributed by atoms with E-state index < -0.39 is 12.7 Å². The number of fused-ring (bicyclic) bond motifs is 1. The van der Waals surface area contributed by atoms with Gasteiger partial charge in [-0.1, -0.05) is 28.1 Å². The van der Waals surface area contributed by atoms with E-state index in [9.17, 15) is 13.2 Å². The van der Waals surface area contributed by atoms with Crippen LogP contribution in [0.4, 0.5) is 19.0 Å². The van der Waals surface area contributed by atoms with Crippen LogP contribution in [0.25, 0.3) is 11.0 Å². The second kappa shape index (κ2) is 5.95. The molecule has 0 spiro atoms. The van der Waals surface area contributed by atoms with E-state index in [1.165, 1.54) is 4.90 Å². The van der Waals surface area contributed by atoms with Gasteiger partial charge >= 0.3 is 6.18 Å². The topological polar surface area (TPSA) is 29.0 Å². The van der Waals surface area contributed by atoms with Crippen molar-refractivity contribution in [3.8, 4) is 0 Å². The Balaban J connectivity index is 2.44. The molecule has 0 bridgehead atoms. The Morgan fingerprint density at radius 2 is 1.75 bits per heavy atom. The number of para-hydroxylation sites is 2. The van der Waals surface area contributed by atoms with Crippen molar-refractivity contribution in [2.75, 3.05) is 23.3 Å². The van der Waals surface area contributed by atoms with Gasteiger partial charge in [0, 0.05) is 11.9 Å². The number of nitrogens with zero attached hydrogens (tertiary/aromatic N) is 3. The summed E-state index contributed by atoms with van der Waals surface area (Å²) in [7, 11) is 0. The van der Waals surface area contributed by atoms with Gasteiger partial charge < -0.3 is 4.90 Å². The van der Waals surface area contributed by atoms with Crippen LogP contribution in [-0.2, 0) is 0 Å². The van der Waals surface area contributed by atoms with Crippen molar-refractivity contribution in [2.45, 2.75) is 13.1 Å². The molecule has 0 aliphatic carbocycles. The van der Waals surface area contributed by atoms with Gasteiger partial charge in [-0.25, -0.2) is 9.97 Å². The highest BCUT2D eigenvalue weighted by molar-refractivity contribution is 9.09. The molecule has 1 aromatic carbocycles. The predicted octanol–water partition coefficient (Wildman–Crippen LogP) is 3.70. The van der Waals surface area contributed by atoms with Crippen molar-refractivity contribution in [3.63, 3.8) is 0 Å². The van der Waals surface area contributed by atoms with E-state index >= 15 is 0 Å². The van der Waals surface area contributed by atoms with Gasteiger partial charge in [-0.3, -0.25) is 0 Å². The van der Waals surface area contributed by atoms with Crippen LogP contribution in [0, 0.1) is 6.92 Å². The maximum atomic E-state index is 12.7. The van der Waals surface area contributed by atoms with Gasteiger partial charge in [0.1, 0.15) is 6.54 Å². The fourth-order valence-electron chi connectivity index (χ4n) is 1.96. The highest BCUT2D eigenvalue weighted by atomic mass is 79.9. The fourth-order valence-corrected chi connectivity index (χ4v) is 2.38. The summed E-state index contributed by atoms with van der Waals surface area (Å²) in [6.07, 6.45) is -4.28. The van der Waals surface area contributed by atoms with Gasteiger partial charge in [-0.2, -0.15) is 13.2 Å². The molecule has 3 nitrogen and oxygen atoms in total. The molecule has 0 saturated heterocycles. The Morgan fingerprint density at radius 3 is 2.30 bits per heavy atom. The number of halogens is 4. The van der Waals surface area contributed by atoms with E-state index in [1.807, 2.05) is 6.07 Å². The lowest BCUT2D eigenvalue weighted by atomic mass is 10.3. The largest absolute Gasteiger partial charge is 0.405 e. The van der Waals surface area contributed by atoms with Gasteiger partial charge in [0.15, 0.2) is 5.82 Å². The number of hydrogen-bond acceptors (Lipinski definition) is 3. The zero-order valence-electron chi connectivity index (χ0n) is 10.8. The average molecular weight is 348 g/mol. The van der Waals surface area contributed by atoms with E-state index in [0.717, 1.165) is 0 Å². The summed E-state index contributed by atoms with van der Waals surface area (Å²) in [4.78, 5) is 9.84. The lowest BCUT2D eigenvalue weighted by Gasteiger charge is -2.25. The van der Waals surface area contributed by atoms with Crippen LogP contribution >= 0.6 is 15.9 Å². The molecule has 1 aromatic heterocycles. The molecular weight excluding hydrogens is 335 g/mol. The highest BCUT2D eigenvalue weighted by Crippen LogP contribution is 2.24. The molecule has 2 rings (SSSR count). The molecule has 0 radical (unpaired) electrons. The lowest BCUT2D eigenvalue weighted by molar-refractivity contribution is -0.119. The molecular formula is C13H13BrF3N3. The summed E-state index contributed by atoms with van der Waals surface area (Å²) < 4.78 is 38.0. The minimum Gasteiger partial charge on any atom is -0.345 e. The molecule has 0 fully saturated rings. The monoisotopic (exact) mass is 347 g/mol. The van der Waals surface area contributed by atoms with Crippen molar-refractivity contribution >= 4 is 32.8 Å². The predicted molar refractivity (Wildman–Crippen MR) is 76.3 cm³/mol. The first kappa shape index (κ1) is 15.0. The number of benzene rings is 1. The standard InChI is InChI=1S/C13H13BrF3N3/c1-9-12(20(7-6-14)8-13(15,16)17)19-11-5-3-2-4-10(11)18-9/h2-5H,6-8H2,1H3. The Kier molecular flexibility index (Phi) is 4.47. The van der Waals surface area contributed by atoms with Crippen LogP contribution < -0.4 is 4.90 Å². The SMILES string of the molecule is Cc1nc2ccccc2nc1N(CCBr)CC(F)(F)F. The maximum Gasteiger partial charge on any atom is 0.405 e. The van der Waals surface area contributed by atoms with Gasteiger partial charge in [0.25, 0.3) is 0 Å². The van der Waals surface area contributed by atoms with E-state index in [1.54, 1.807) is 25.1 Å². The van der Waals surface area contributed by atoms with Gasteiger partial charge in [0.05, 0.1) is 16.7 Å². The minimum atomic E-state index is -4.28. The normalized spacial score (nSPS) is 11.8. The van der Waals surface area contributed by atoms with Gasteiger partial charge in [-0.05, 0) is 19.1 Å². The zero-order chi connectivity index (χ0) is 14.8. The first-order valence-corrected chi connectivity index (χ1v) is 7.14. The van der Waals surface area contributed by atoms with E-state index in [2.05, 4.69) is 25.9 Å². The van der Waals surface area contributed by atoms with Crippen LogP contribution in [0.2, 0.25) is 0 Å².